The van der Waals surface area contributed by atoms with Gasteiger partial charge in [0.15, 0.2) is 5.69 Å². The number of anilines is 2. The standard InChI is InChI=1S/C19H26N4O3/c1-12(24)22-16-15-9-14(20-10-13-7-5-4-6-8-13)11-21-18(15)23(2)17(16)19(25)26-3/h9,11,13,20H,4-8,10H2,1-3H3,(H,22,24). The maximum Gasteiger partial charge on any atom is 0.356 e. The summed E-state index contributed by atoms with van der Waals surface area (Å²) < 4.78 is 6.52. The van der Waals surface area contributed by atoms with Gasteiger partial charge >= 0.3 is 5.97 Å². The fourth-order valence-electron chi connectivity index (χ4n) is 3.70. The molecule has 7 nitrogen and oxygen atoms in total. The van der Waals surface area contributed by atoms with Crippen LogP contribution < -0.4 is 10.6 Å². The molecule has 1 aliphatic carbocycles. The van der Waals surface area contributed by atoms with E-state index in [1.54, 1.807) is 17.8 Å². The molecule has 0 atom stereocenters. The summed E-state index contributed by atoms with van der Waals surface area (Å²) in [6.45, 7) is 2.33. The third-order valence-corrected chi connectivity index (χ3v) is 5.03. The van der Waals surface area contributed by atoms with Crippen molar-refractivity contribution in [1.82, 2.24) is 9.55 Å². The molecule has 2 heterocycles. The van der Waals surface area contributed by atoms with Gasteiger partial charge in [0, 0.05) is 25.9 Å². The second-order valence-electron chi connectivity index (χ2n) is 6.94. The second kappa shape index (κ2) is 7.76. The summed E-state index contributed by atoms with van der Waals surface area (Å²) in [6.07, 6.45) is 8.23. The molecule has 2 N–H and O–H groups in total. The second-order valence-corrected chi connectivity index (χ2v) is 6.94. The number of ether oxygens (including phenoxy) is 1. The molecule has 1 saturated carbocycles. The first-order valence-corrected chi connectivity index (χ1v) is 9.09. The molecule has 1 amide bonds. The van der Waals surface area contributed by atoms with Crippen LogP contribution in [0, 0.1) is 5.92 Å². The highest BCUT2D eigenvalue weighted by Crippen LogP contribution is 2.32. The monoisotopic (exact) mass is 358 g/mol. The van der Waals surface area contributed by atoms with Gasteiger partial charge in [-0.1, -0.05) is 19.3 Å². The number of nitrogens with zero attached hydrogens (tertiary/aromatic N) is 2. The van der Waals surface area contributed by atoms with Crippen LogP contribution in [-0.2, 0) is 16.6 Å². The molecular formula is C19H26N4O3. The molecule has 0 unspecified atom stereocenters. The van der Waals surface area contributed by atoms with Gasteiger partial charge < -0.3 is 19.9 Å². The number of nitrogens with one attached hydrogen (secondary N) is 2. The number of hydrogen-bond acceptors (Lipinski definition) is 5. The number of aromatic nitrogens is 2. The summed E-state index contributed by atoms with van der Waals surface area (Å²) >= 11 is 0. The molecule has 140 valence electrons. The van der Waals surface area contributed by atoms with Crippen molar-refractivity contribution in [2.24, 2.45) is 13.0 Å². The van der Waals surface area contributed by atoms with Crippen LogP contribution in [-0.4, -0.2) is 35.1 Å². The van der Waals surface area contributed by atoms with Crippen LogP contribution >= 0.6 is 0 Å². The normalized spacial score (nSPS) is 15.0. The molecule has 2 aromatic heterocycles. The highest BCUT2D eigenvalue weighted by Gasteiger charge is 2.24. The number of methoxy groups -OCH3 is 1. The third-order valence-electron chi connectivity index (χ3n) is 5.03. The van der Waals surface area contributed by atoms with E-state index in [2.05, 4.69) is 15.6 Å². The number of rotatable bonds is 5. The third kappa shape index (κ3) is 3.66. The van der Waals surface area contributed by atoms with Crippen molar-refractivity contribution < 1.29 is 14.3 Å². The number of fused-ring (bicyclic) bond motifs is 1. The molecule has 0 aromatic carbocycles. The largest absolute Gasteiger partial charge is 0.464 e. The van der Waals surface area contributed by atoms with E-state index >= 15 is 0 Å². The summed E-state index contributed by atoms with van der Waals surface area (Å²) in [5, 5.41) is 6.93. The van der Waals surface area contributed by atoms with Crippen molar-refractivity contribution in [3.8, 4) is 0 Å². The van der Waals surface area contributed by atoms with Gasteiger partial charge in [0.1, 0.15) is 5.65 Å². The number of hydrogen-bond donors (Lipinski definition) is 2. The van der Waals surface area contributed by atoms with Crippen LogP contribution in [0.4, 0.5) is 11.4 Å². The van der Waals surface area contributed by atoms with E-state index in [-0.39, 0.29) is 11.6 Å². The molecule has 0 spiro atoms. The Morgan fingerprint density at radius 1 is 1.31 bits per heavy atom. The highest BCUT2D eigenvalue weighted by atomic mass is 16.5. The number of aryl methyl sites for hydroxylation is 1. The molecule has 0 aliphatic heterocycles. The van der Waals surface area contributed by atoms with Gasteiger partial charge in [-0.05, 0) is 24.8 Å². The summed E-state index contributed by atoms with van der Waals surface area (Å²) in [5.41, 5.74) is 2.24. The number of carbonyl (C=O) groups excluding carboxylic acids is 2. The van der Waals surface area contributed by atoms with Crippen molar-refractivity contribution in [1.29, 1.82) is 0 Å². The SMILES string of the molecule is COC(=O)c1c(NC(C)=O)c2cc(NCC3CCCCC3)cnc2n1C. The summed E-state index contributed by atoms with van der Waals surface area (Å²) in [7, 11) is 3.06. The van der Waals surface area contributed by atoms with Gasteiger partial charge in [-0.2, -0.15) is 0 Å². The van der Waals surface area contributed by atoms with E-state index in [0.717, 1.165) is 17.6 Å². The summed E-state index contributed by atoms with van der Waals surface area (Å²) in [4.78, 5) is 28.3. The molecule has 26 heavy (non-hydrogen) atoms. The van der Waals surface area contributed by atoms with Gasteiger partial charge in [0.05, 0.1) is 24.7 Å². The Bertz CT molecular complexity index is 822. The molecule has 1 fully saturated rings. The average molecular weight is 358 g/mol. The highest BCUT2D eigenvalue weighted by molar-refractivity contribution is 6.10. The molecule has 0 bridgehead atoms. The van der Waals surface area contributed by atoms with Gasteiger partial charge in [-0.3, -0.25) is 4.79 Å². The van der Waals surface area contributed by atoms with Crippen LogP contribution in [0.1, 0.15) is 49.5 Å². The Morgan fingerprint density at radius 3 is 2.69 bits per heavy atom. The Kier molecular flexibility index (Phi) is 5.44. The number of amides is 1. The molecule has 0 radical (unpaired) electrons. The van der Waals surface area contributed by atoms with Crippen LogP contribution in [0.25, 0.3) is 11.0 Å². The Morgan fingerprint density at radius 2 is 2.04 bits per heavy atom. The lowest BCUT2D eigenvalue weighted by Gasteiger charge is -2.22. The first-order valence-electron chi connectivity index (χ1n) is 9.09. The predicted molar refractivity (Wildman–Crippen MR) is 101 cm³/mol. The summed E-state index contributed by atoms with van der Waals surface area (Å²) in [5.74, 6) is -0.0650. The predicted octanol–water partition coefficient (Wildman–Crippen LogP) is 3.31. The van der Waals surface area contributed by atoms with E-state index in [9.17, 15) is 9.59 Å². The first kappa shape index (κ1) is 18.2. The topological polar surface area (TPSA) is 85.2 Å². The minimum absolute atomic E-state index is 0.247. The van der Waals surface area contributed by atoms with Gasteiger partial charge in [0.2, 0.25) is 5.91 Å². The molecule has 7 heteroatoms. The van der Waals surface area contributed by atoms with Crippen LogP contribution in [0.3, 0.4) is 0 Å². The zero-order valence-electron chi connectivity index (χ0n) is 15.6. The van der Waals surface area contributed by atoms with Crippen LogP contribution in [0.2, 0.25) is 0 Å². The minimum atomic E-state index is -0.508. The number of esters is 1. The Hall–Kier alpha value is -2.57. The first-order chi connectivity index (χ1) is 12.5. The molecular weight excluding hydrogens is 332 g/mol. The maximum absolute atomic E-state index is 12.2. The minimum Gasteiger partial charge on any atom is -0.464 e. The van der Waals surface area contributed by atoms with Gasteiger partial charge in [-0.15, -0.1) is 0 Å². The smallest absolute Gasteiger partial charge is 0.356 e. The van der Waals surface area contributed by atoms with E-state index in [1.807, 2.05) is 6.07 Å². The molecule has 0 saturated heterocycles. The van der Waals surface area contributed by atoms with E-state index in [4.69, 9.17) is 4.74 Å². The van der Waals surface area contributed by atoms with Crippen LogP contribution in [0.5, 0.6) is 0 Å². The van der Waals surface area contributed by atoms with Crippen molar-refractivity contribution in [2.45, 2.75) is 39.0 Å². The fourth-order valence-corrected chi connectivity index (χ4v) is 3.70. The quantitative estimate of drug-likeness (QED) is 0.801. The van der Waals surface area contributed by atoms with E-state index in [0.29, 0.717) is 17.3 Å². The average Bonchev–Trinajstić information content (AvgIpc) is 2.91. The van der Waals surface area contributed by atoms with Gasteiger partial charge in [0.25, 0.3) is 0 Å². The fraction of sp³-hybridized carbons (Fsp3) is 0.526. The number of pyridine rings is 1. The van der Waals surface area contributed by atoms with Crippen molar-refractivity contribution in [2.75, 3.05) is 24.3 Å². The lowest BCUT2D eigenvalue weighted by atomic mass is 9.89. The molecule has 2 aromatic rings. The van der Waals surface area contributed by atoms with E-state index in [1.165, 1.54) is 46.1 Å². The lowest BCUT2D eigenvalue weighted by molar-refractivity contribution is -0.114. The van der Waals surface area contributed by atoms with Crippen molar-refractivity contribution in [3.05, 3.63) is 18.0 Å². The van der Waals surface area contributed by atoms with Crippen molar-refractivity contribution >= 4 is 34.3 Å². The number of carbonyl (C=O) groups is 2. The summed E-state index contributed by atoms with van der Waals surface area (Å²) in [6, 6.07) is 1.93. The van der Waals surface area contributed by atoms with Crippen LogP contribution in [0.15, 0.2) is 12.3 Å². The Labute approximate surface area is 153 Å². The van der Waals surface area contributed by atoms with E-state index < -0.39 is 5.97 Å². The van der Waals surface area contributed by atoms with Crippen molar-refractivity contribution in [3.63, 3.8) is 0 Å². The molecule has 1 aliphatic rings. The zero-order valence-corrected chi connectivity index (χ0v) is 15.6. The Balaban J connectivity index is 1.93. The molecule has 3 rings (SSSR count). The maximum atomic E-state index is 12.2. The zero-order chi connectivity index (χ0) is 18.7. The lowest BCUT2D eigenvalue weighted by Crippen LogP contribution is -2.17. The van der Waals surface area contributed by atoms with Gasteiger partial charge in [-0.25, -0.2) is 9.78 Å².